The van der Waals surface area contributed by atoms with E-state index in [0.717, 1.165) is 36.4 Å². The van der Waals surface area contributed by atoms with E-state index in [1.165, 1.54) is 0 Å². The number of anilines is 1. The molecule has 0 aromatic heterocycles. The summed E-state index contributed by atoms with van der Waals surface area (Å²) in [4.78, 5) is 13.2. The molecule has 1 N–H and O–H groups in total. The van der Waals surface area contributed by atoms with Gasteiger partial charge in [0, 0.05) is 18.0 Å². The van der Waals surface area contributed by atoms with Crippen molar-refractivity contribution in [2.75, 3.05) is 25.1 Å². The van der Waals surface area contributed by atoms with Crippen LogP contribution in [0.2, 0.25) is 0 Å². The average molecular weight is 247 g/mol. The molecule has 0 radical (unpaired) electrons. The van der Waals surface area contributed by atoms with Crippen LogP contribution in [0.5, 0.6) is 5.75 Å². The maximum atomic E-state index is 11.0. The predicted molar refractivity (Wildman–Crippen MR) is 68.4 cm³/mol. The molecule has 3 rings (SSSR count). The third kappa shape index (κ3) is 1.72. The first kappa shape index (κ1) is 11.4. The summed E-state index contributed by atoms with van der Waals surface area (Å²) in [5.41, 5.74) is 1.97. The number of carboxylic acids is 1. The zero-order valence-corrected chi connectivity index (χ0v) is 10.5. The van der Waals surface area contributed by atoms with Crippen LogP contribution in [0.25, 0.3) is 0 Å². The summed E-state index contributed by atoms with van der Waals surface area (Å²) in [5.74, 6) is 0.166. The van der Waals surface area contributed by atoms with Gasteiger partial charge in [0.1, 0.15) is 12.4 Å². The highest BCUT2D eigenvalue weighted by Crippen LogP contribution is 2.55. The number of hydrogen-bond donors (Lipinski definition) is 1. The number of benzene rings is 1. The van der Waals surface area contributed by atoms with Crippen molar-refractivity contribution in [1.29, 1.82) is 0 Å². The van der Waals surface area contributed by atoms with E-state index in [-0.39, 0.29) is 11.8 Å². The van der Waals surface area contributed by atoms with Gasteiger partial charge in [0.05, 0.1) is 18.7 Å². The fourth-order valence-electron chi connectivity index (χ4n) is 2.78. The number of carbonyl (C=O) groups is 1. The maximum absolute atomic E-state index is 11.0. The molecule has 0 saturated heterocycles. The van der Waals surface area contributed by atoms with Gasteiger partial charge in [0.15, 0.2) is 0 Å². The SMILES string of the molecule is CN1CCOc2c1cccc2C1(CC(=O)O)CC1. The number of aliphatic carboxylic acids is 1. The van der Waals surface area contributed by atoms with Crippen molar-refractivity contribution in [2.24, 2.45) is 0 Å². The molecule has 0 atom stereocenters. The standard InChI is InChI=1S/C14H17NO3/c1-15-7-8-18-13-10(3-2-4-11(13)15)14(5-6-14)9-12(16)17/h2-4H,5-9H2,1H3,(H,16,17). The van der Waals surface area contributed by atoms with E-state index >= 15 is 0 Å². The molecule has 1 aliphatic carbocycles. The number of fused-ring (bicyclic) bond motifs is 1. The van der Waals surface area contributed by atoms with Gasteiger partial charge in [0.2, 0.25) is 0 Å². The van der Waals surface area contributed by atoms with E-state index in [1.54, 1.807) is 0 Å². The highest BCUT2D eigenvalue weighted by molar-refractivity contribution is 5.72. The number of likely N-dealkylation sites (N-methyl/N-ethyl adjacent to an activating group) is 1. The minimum absolute atomic E-state index is 0.185. The summed E-state index contributed by atoms with van der Waals surface area (Å²) < 4.78 is 5.80. The molecular weight excluding hydrogens is 230 g/mol. The molecule has 0 bridgehead atoms. The van der Waals surface area contributed by atoms with Crippen LogP contribution in [0.1, 0.15) is 24.8 Å². The normalized spacial score (nSPS) is 19.9. The lowest BCUT2D eigenvalue weighted by atomic mass is 9.90. The van der Waals surface area contributed by atoms with Crippen LogP contribution in [0.4, 0.5) is 5.69 Å². The second-order valence-electron chi connectivity index (χ2n) is 5.27. The Hall–Kier alpha value is -1.71. The zero-order valence-electron chi connectivity index (χ0n) is 10.5. The summed E-state index contributed by atoms with van der Waals surface area (Å²) in [6, 6.07) is 6.06. The zero-order chi connectivity index (χ0) is 12.8. The van der Waals surface area contributed by atoms with Crippen molar-refractivity contribution in [2.45, 2.75) is 24.7 Å². The van der Waals surface area contributed by atoms with Crippen molar-refractivity contribution >= 4 is 11.7 Å². The van der Waals surface area contributed by atoms with Crippen LogP contribution >= 0.6 is 0 Å². The molecule has 2 aliphatic rings. The van der Waals surface area contributed by atoms with Crippen molar-refractivity contribution in [1.82, 2.24) is 0 Å². The summed E-state index contributed by atoms with van der Waals surface area (Å²) in [7, 11) is 2.04. The predicted octanol–water partition coefficient (Wildman–Crippen LogP) is 2.02. The van der Waals surface area contributed by atoms with Gasteiger partial charge in [-0.2, -0.15) is 0 Å². The van der Waals surface area contributed by atoms with Gasteiger partial charge in [-0.05, 0) is 18.9 Å². The smallest absolute Gasteiger partial charge is 0.304 e. The van der Waals surface area contributed by atoms with E-state index < -0.39 is 5.97 Å². The van der Waals surface area contributed by atoms with Crippen LogP contribution in [-0.4, -0.2) is 31.3 Å². The molecule has 0 amide bonds. The summed E-state index contributed by atoms with van der Waals surface area (Å²) in [6.07, 6.45) is 2.10. The molecule has 1 saturated carbocycles. The Morgan fingerprint density at radius 1 is 1.50 bits per heavy atom. The quantitative estimate of drug-likeness (QED) is 0.887. The lowest BCUT2D eigenvalue weighted by Crippen LogP contribution is -2.30. The van der Waals surface area contributed by atoms with E-state index in [9.17, 15) is 4.79 Å². The van der Waals surface area contributed by atoms with Crippen molar-refractivity contribution < 1.29 is 14.6 Å². The molecule has 1 aliphatic heterocycles. The van der Waals surface area contributed by atoms with Gasteiger partial charge in [0.25, 0.3) is 0 Å². The highest BCUT2D eigenvalue weighted by Gasteiger charge is 2.48. The largest absolute Gasteiger partial charge is 0.489 e. The molecule has 1 aromatic carbocycles. The fraction of sp³-hybridized carbons (Fsp3) is 0.500. The summed E-state index contributed by atoms with van der Waals surface area (Å²) in [6.45, 7) is 1.55. The van der Waals surface area contributed by atoms with Crippen LogP contribution in [0.3, 0.4) is 0 Å². The minimum Gasteiger partial charge on any atom is -0.489 e. The Morgan fingerprint density at radius 3 is 2.94 bits per heavy atom. The number of nitrogens with zero attached hydrogens (tertiary/aromatic N) is 1. The summed E-state index contributed by atoms with van der Waals surface area (Å²) in [5, 5.41) is 9.06. The first-order chi connectivity index (χ1) is 8.62. The Bertz CT molecular complexity index is 494. The Morgan fingerprint density at radius 2 is 2.28 bits per heavy atom. The minimum atomic E-state index is -0.728. The van der Waals surface area contributed by atoms with E-state index in [2.05, 4.69) is 4.90 Å². The lowest BCUT2D eigenvalue weighted by Gasteiger charge is -2.31. The Balaban J connectivity index is 2.03. The molecule has 18 heavy (non-hydrogen) atoms. The first-order valence-electron chi connectivity index (χ1n) is 6.32. The van der Waals surface area contributed by atoms with Crippen LogP contribution < -0.4 is 9.64 Å². The monoisotopic (exact) mass is 247 g/mol. The molecule has 0 unspecified atom stereocenters. The van der Waals surface area contributed by atoms with Crippen LogP contribution in [-0.2, 0) is 10.2 Å². The van der Waals surface area contributed by atoms with Crippen molar-refractivity contribution in [3.8, 4) is 5.75 Å². The van der Waals surface area contributed by atoms with Gasteiger partial charge >= 0.3 is 5.97 Å². The second kappa shape index (κ2) is 3.90. The molecule has 96 valence electrons. The van der Waals surface area contributed by atoms with Gasteiger partial charge in [-0.25, -0.2) is 0 Å². The Kier molecular flexibility index (Phi) is 2.47. The first-order valence-corrected chi connectivity index (χ1v) is 6.32. The molecule has 1 aromatic rings. The van der Waals surface area contributed by atoms with Gasteiger partial charge < -0.3 is 14.7 Å². The van der Waals surface area contributed by atoms with E-state index in [0.29, 0.717) is 6.61 Å². The fourth-order valence-corrected chi connectivity index (χ4v) is 2.78. The van der Waals surface area contributed by atoms with Crippen molar-refractivity contribution in [3.05, 3.63) is 23.8 Å². The van der Waals surface area contributed by atoms with E-state index in [4.69, 9.17) is 9.84 Å². The molecule has 1 heterocycles. The third-order valence-corrected chi connectivity index (χ3v) is 3.99. The maximum Gasteiger partial charge on any atom is 0.304 e. The Labute approximate surface area is 106 Å². The highest BCUT2D eigenvalue weighted by atomic mass is 16.5. The number of para-hydroxylation sites is 1. The van der Waals surface area contributed by atoms with Crippen LogP contribution in [0.15, 0.2) is 18.2 Å². The number of ether oxygens (including phenoxy) is 1. The number of hydrogen-bond acceptors (Lipinski definition) is 3. The molecule has 4 nitrogen and oxygen atoms in total. The second-order valence-corrected chi connectivity index (χ2v) is 5.27. The average Bonchev–Trinajstić information content (AvgIpc) is 3.09. The van der Waals surface area contributed by atoms with Crippen molar-refractivity contribution in [3.63, 3.8) is 0 Å². The molecule has 1 fully saturated rings. The van der Waals surface area contributed by atoms with E-state index in [1.807, 2.05) is 25.2 Å². The van der Waals surface area contributed by atoms with Gasteiger partial charge in [-0.1, -0.05) is 12.1 Å². The lowest BCUT2D eigenvalue weighted by molar-refractivity contribution is -0.137. The number of carboxylic acid groups (broad SMARTS) is 1. The van der Waals surface area contributed by atoms with Gasteiger partial charge in [-0.3, -0.25) is 4.79 Å². The molecule has 4 heteroatoms. The van der Waals surface area contributed by atoms with Gasteiger partial charge in [-0.15, -0.1) is 0 Å². The summed E-state index contributed by atoms with van der Waals surface area (Å²) >= 11 is 0. The topological polar surface area (TPSA) is 49.8 Å². The molecular formula is C14H17NO3. The van der Waals surface area contributed by atoms with Crippen LogP contribution in [0, 0.1) is 0 Å². The third-order valence-electron chi connectivity index (χ3n) is 3.99. The number of rotatable bonds is 3. The molecule has 0 spiro atoms.